The lowest BCUT2D eigenvalue weighted by Crippen LogP contribution is -2.44. The van der Waals surface area contributed by atoms with Crippen molar-refractivity contribution >= 4 is 51.7 Å². The van der Waals surface area contributed by atoms with Gasteiger partial charge in [0.25, 0.3) is 11.8 Å². The molecular weight excluding hydrogens is 703 g/mol. The van der Waals surface area contributed by atoms with E-state index < -0.39 is 0 Å². The van der Waals surface area contributed by atoms with Crippen LogP contribution in [-0.4, -0.2) is 28.1 Å². The fraction of sp³-hybridized carbons (Fsp3) is 0.0980. The number of fused-ring (bicyclic) bond motifs is 5. The zero-order valence-corrected chi connectivity index (χ0v) is 31.5. The SMILES string of the molecule is CC1=C2C3=CC=CC1/C=C/C=CC1c4c(ccc(c4C)/C=C/CC=C2C(=O)N(c2ccccc2)C3=O)-c2ccc(C=O)c3c(-c4nc5ccccc5[nH]4)ccc1c23. The largest absolute Gasteiger partial charge is 0.338 e. The number of aromatic nitrogens is 2. The Kier molecular flexibility index (Phi) is 8.15. The summed E-state index contributed by atoms with van der Waals surface area (Å²) in [4.78, 5) is 50.8. The third kappa shape index (κ3) is 5.40. The van der Waals surface area contributed by atoms with Crippen LogP contribution in [0, 0.1) is 12.8 Å². The van der Waals surface area contributed by atoms with Gasteiger partial charge < -0.3 is 4.98 Å². The minimum atomic E-state index is -0.326. The van der Waals surface area contributed by atoms with Crippen molar-refractivity contribution in [1.82, 2.24) is 9.97 Å². The number of benzene rings is 5. The van der Waals surface area contributed by atoms with Crippen molar-refractivity contribution in [2.75, 3.05) is 4.90 Å². The van der Waals surface area contributed by atoms with Crippen LogP contribution in [0.3, 0.4) is 0 Å². The number of hydrogen-bond acceptors (Lipinski definition) is 4. The van der Waals surface area contributed by atoms with Gasteiger partial charge in [0.15, 0.2) is 6.29 Å². The third-order valence-corrected chi connectivity index (χ3v) is 11.9. The first-order valence-corrected chi connectivity index (χ1v) is 19.3. The maximum atomic E-state index is 14.3. The second-order valence-electron chi connectivity index (χ2n) is 14.9. The Hall–Kier alpha value is -7.18. The van der Waals surface area contributed by atoms with Gasteiger partial charge in [-0.2, -0.15) is 0 Å². The van der Waals surface area contributed by atoms with Crippen LogP contribution in [-0.2, 0) is 9.59 Å². The summed E-state index contributed by atoms with van der Waals surface area (Å²) in [5, 5.41) is 1.95. The number of nitrogens with zero attached hydrogens (tertiary/aromatic N) is 2. The summed E-state index contributed by atoms with van der Waals surface area (Å²) in [6.07, 6.45) is 22.0. The topological polar surface area (TPSA) is 83.1 Å². The minimum absolute atomic E-state index is 0.103. The van der Waals surface area contributed by atoms with Gasteiger partial charge in [-0.25, -0.2) is 9.88 Å². The molecule has 0 saturated carbocycles. The van der Waals surface area contributed by atoms with Crippen molar-refractivity contribution in [3.8, 4) is 22.5 Å². The molecular formula is C51H37N3O3. The molecule has 0 radical (unpaired) electrons. The summed E-state index contributed by atoms with van der Waals surface area (Å²) in [7, 11) is 0. The van der Waals surface area contributed by atoms with E-state index in [2.05, 4.69) is 84.8 Å². The molecule has 2 heterocycles. The first kappa shape index (κ1) is 34.3. The highest BCUT2D eigenvalue weighted by molar-refractivity contribution is 6.33. The maximum Gasteiger partial charge on any atom is 0.265 e. The Labute approximate surface area is 330 Å². The second-order valence-corrected chi connectivity index (χ2v) is 14.9. The van der Waals surface area contributed by atoms with E-state index in [4.69, 9.17) is 4.98 Å². The fourth-order valence-electron chi connectivity index (χ4n) is 9.13. The molecule has 4 bridgehead atoms. The lowest BCUT2D eigenvalue weighted by Gasteiger charge is -2.32. The van der Waals surface area contributed by atoms with Gasteiger partial charge in [0.05, 0.1) is 16.7 Å². The fourth-order valence-corrected chi connectivity index (χ4v) is 9.13. The molecule has 1 aliphatic heterocycles. The zero-order chi connectivity index (χ0) is 38.8. The predicted octanol–water partition coefficient (Wildman–Crippen LogP) is 11.1. The normalized spacial score (nSPS) is 19.7. The Morgan fingerprint density at radius 2 is 1.51 bits per heavy atom. The molecule has 6 nitrogen and oxygen atoms in total. The number of hydrogen-bond donors (Lipinski definition) is 1. The van der Waals surface area contributed by atoms with Crippen molar-refractivity contribution in [3.05, 3.63) is 196 Å². The predicted molar refractivity (Wildman–Crippen MR) is 229 cm³/mol. The summed E-state index contributed by atoms with van der Waals surface area (Å²) in [5.74, 6) is -0.167. The van der Waals surface area contributed by atoms with Crippen LogP contribution in [0.5, 0.6) is 0 Å². The average Bonchev–Trinajstić information content (AvgIpc) is 3.60. The van der Waals surface area contributed by atoms with Crippen molar-refractivity contribution < 1.29 is 14.4 Å². The molecule has 1 N–H and O–H groups in total. The van der Waals surface area contributed by atoms with Crippen LogP contribution in [0.25, 0.3) is 50.4 Å². The quantitative estimate of drug-likeness (QED) is 0.145. The van der Waals surface area contributed by atoms with Crippen LogP contribution in [0.15, 0.2) is 168 Å². The molecule has 2 amide bonds. The van der Waals surface area contributed by atoms with Crippen LogP contribution >= 0.6 is 0 Å². The number of nitrogens with one attached hydrogen (secondary N) is 1. The molecule has 1 aromatic heterocycles. The third-order valence-electron chi connectivity index (χ3n) is 11.9. The first-order chi connectivity index (χ1) is 27.9. The van der Waals surface area contributed by atoms with Gasteiger partial charge >= 0.3 is 0 Å². The molecule has 2 unspecified atom stereocenters. The van der Waals surface area contributed by atoms with E-state index in [1.54, 1.807) is 12.1 Å². The lowest BCUT2D eigenvalue weighted by atomic mass is 9.73. The number of imidazole rings is 1. The summed E-state index contributed by atoms with van der Waals surface area (Å²) in [6.45, 7) is 4.20. The molecule has 1 saturated heterocycles. The number of amides is 2. The number of carbonyl (C=O) groups is 3. The molecule has 3 aliphatic carbocycles. The summed E-state index contributed by atoms with van der Waals surface area (Å²) >= 11 is 0. The van der Waals surface area contributed by atoms with E-state index in [-0.39, 0.29) is 23.7 Å². The Morgan fingerprint density at radius 3 is 2.35 bits per heavy atom. The highest BCUT2D eigenvalue weighted by Crippen LogP contribution is 2.50. The highest BCUT2D eigenvalue weighted by atomic mass is 16.2. The van der Waals surface area contributed by atoms with Crippen LogP contribution in [0.4, 0.5) is 5.69 Å². The number of rotatable bonds is 3. The highest BCUT2D eigenvalue weighted by Gasteiger charge is 2.40. The molecule has 0 spiro atoms. The van der Waals surface area contributed by atoms with Gasteiger partial charge in [-0.3, -0.25) is 14.4 Å². The van der Waals surface area contributed by atoms with Gasteiger partial charge in [-0.15, -0.1) is 0 Å². The number of aldehydes is 1. The molecule has 5 aromatic carbocycles. The van der Waals surface area contributed by atoms with E-state index in [0.717, 1.165) is 72.9 Å². The Balaban J connectivity index is 1.15. The van der Waals surface area contributed by atoms with Gasteiger partial charge in [0.1, 0.15) is 5.82 Å². The van der Waals surface area contributed by atoms with Gasteiger partial charge in [0.2, 0.25) is 0 Å². The van der Waals surface area contributed by atoms with Crippen LogP contribution in [0.1, 0.15) is 51.9 Å². The molecule has 10 rings (SSSR count). The Bertz CT molecular complexity index is 2930. The van der Waals surface area contributed by atoms with E-state index in [0.29, 0.717) is 34.4 Å². The number of para-hydroxylation sites is 3. The second kappa shape index (κ2) is 13.5. The Morgan fingerprint density at radius 1 is 0.754 bits per heavy atom. The lowest BCUT2D eigenvalue weighted by molar-refractivity contribution is -0.123. The van der Waals surface area contributed by atoms with Gasteiger partial charge in [-0.05, 0) is 94.9 Å². The maximum absolute atomic E-state index is 14.3. The molecule has 274 valence electrons. The van der Waals surface area contributed by atoms with E-state index in [1.807, 2.05) is 73.7 Å². The number of anilines is 1. The zero-order valence-electron chi connectivity index (χ0n) is 31.5. The molecule has 4 aliphatic rings. The summed E-state index contributed by atoms with van der Waals surface area (Å²) < 4.78 is 0. The number of allylic oxidation sites excluding steroid dienone is 10. The number of imide groups is 1. The standard InChI is InChI=1S/C51H37N3O3/c1-30-32-13-6-8-18-36-39-27-28-40(49-52-43-21-10-11-22-44(43)53-49)47-34(29-55)24-26-38(48(39)47)37-25-23-33(31(2)45(36)37)14-7-9-19-41-46(30)42(20-12-15-32)51(57)54(50(41)56)35-16-4-3-5-17-35/h3-8,10-29,32,36H,9H2,1-2H3,(H,52,53)/b13-6+,14-7+,18-8?,41-19?. The summed E-state index contributed by atoms with van der Waals surface area (Å²) in [5.41, 5.74) is 13.4. The number of aromatic amines is 1. The number of carbonyl (C=O) groups excluding carboxylic acids is 3. The van der Waals surface area contributed by atoms with Gasteiger partial charge in [0, 0.05) is 39.5 Å². The summed E-state index contributed by atoms with van der Waals surface area (Å²) in [6, 6.07) is 29.8. The molecule has 1 fully saturated rings. The molecule has 57 heavy (non-hydrogen) atoms. The number of H-pyrrole nitrogens is 1. The molecule has 6 aromatic rings. The average molecular weight is 740 g/mol. The van der Waals surface area contributed by atoms with Crippen molar-refractivity contribution in [1.29, 1.82) is 0 Å². The molecule has 2 atom stereocenters. The van der Waals surface area contributed by atoms with Gasteiger partial charge in [-0.1, -0.05) is 127 Å². The van der Waals surface area contributed by atoms with E-state index in [1.165, 1.54) is 10.5 Å². The number of piperidine rings is 1. The minimum Gasteiger partial charge on any atom is -0.338 e. The first-order valence-electron chi connectivity index (χ1n) is 19.3. The molecule has 6 heteroatoms. The van der Waals surface area contributed by atoms with E-state index >= 15 is 0 Å². The monoisotopic (exact) mass is 739 g/mol. The van der Waals surface area contributed by atoms with Crippen molar-refractivity contribution in [2.24, 2.45) is 5.92 Å². The van der Waals surface area contributed by atoms with Crippen LogP contribution in [0.2, 0.25) is 0 Å². The van der Waals surface area contributed by atoms with E-state index in [9.17, 15) is 14.4 Å². The smallest absolute Gasteiger partial charge is 0.265 e. The van der Waals surface area contributed by atoms with Crippen molar-refractivity contribution in [2.45, 2.75) is 26.2 Å². The van der Waals surface area contributed by atoms with Crippen LogP contribution < -0.4 is 4.90 Å². The van der Waals surface area contributed by atoms with Crippen molar-refractivity contribution in [3.63, 3.8) is 0 Å².